The Kier molecular flexibility index (Phi) is 7.96. The van der Waals surface area contributed by atoms with Crippen molar-refractivity contribution < 1.29 is 19.1 Å². The fourth-order valence-corrected chi connectivity index (χ4v) is 3.35. The van der Waals surface area contributed by atoms with Crippen molar-refractivity contribution in [3.05, 3.63) is 42.5 Å². The van der Waals surface area contributed by atoms with E-state index >= 15 is 0 Å². The van der Waals surface area contributed by atoms with Crippen LogP contribution in [0.3, 0.4) is 0 Å². The molecule has 2 N–H and O–H groups in total. The third-order valence-electron chi connectivity index (χ3n) is 3.86. The monoisotopic (exact) mass is 416 g/mol. The molecule has 7 heteroatoms. The van der Waals surface area contributed by atoms with Gasteiger partial charge in [-0.15, -0.1) is 11.8 Å². The molecule has 0 saturated carbocycles. The molecule has 0 unspecified atom stereocenters. The first-order chi connectivity index (χ1) is 13.7. The van der Waals surface area contributed by atoms with E-state index in [9.17, 15) is 9.59 Å². The standard InChI is InChI=1S/C22H28N2O4S/c1-22(2,3)13-20(25)23-15-7-6-8-17(11-15)29-14-21(26)24-18-12-16(27-4)9-10-19(18)28-5/h6-12H,13-14H2,1-5H3,(H,23,25)(H,24,26). The van der Waals surface area contributed by atoms with Crippen LogP contribution in [0.4, 0.5) is 11.4 Å². The van der Waals surface area contributed by atoms with E-state index in [1.807, 2.05) is 45.0 Å². The zero-order valence-corrected chi connectivity index (χ0v) is 18.3. The molecular weight excluding hydrogens is 388 g/mol. The second kappa shape index (κ2) is 10.2. The zero-order chi connectivity index (χ0) is 21.4. The van der Waals surface area contributed by atoms with E-state index in [0.29, 0.717) is 23.6 Å². The van der Waals surface area contributed by atoms with Crippen LogP contribution in [0.1, 0.15) is 27.2 Å². The van der Waals surface area contributed by atoms with Gasteiger partial charge in [-0.25, -0.2) is 0 Å². The minimum Gasteiger partial charge on any atom is -0.497 e. The van der Waals surface area contributed by atoms with E-state index in [2.05, 4.69) is 10.6 Å². The van der Waals surface area contributed by atoms with Crippen LogP contribution in [0.15, 0.2) is 47.4 Å². The molecule has 156 valence electrons. The molecule has 0 aromatic heterocycles. The van der Waals surface area contributed by atoms with Crippen molar-refractivity contribution in [3.8, 4) is 11.5 Å². The van der Waals surface area contributed by atoms with Crippen molar-refractivity contribution in [2.45, 2.75) is 32.1 Å². The van der Waals surface area contributed by atoms with Crippen molar-refractivity contribution >= 4 is 35.0 Å². The molecular formula is C22H28N2O4S. The molecule has 2 amide bonds. The first-order valence-electron chi connectivity index (χ1n) is 9.25. The second-order valence-corrected chi connectivity index (χ2v) is 8.77. The average molecular weight is 417 g/mol. The van der Waals surface area contributed by atoms with Gasteiger partial charge in [-0.2, -0.15) is 0 Å². The molecule has 0 aliphatic rings. The maximum absolute atomic E-state index is 12.4. The topological polar surface area (TPSA) is 76.7 Å². The van der Waals surface area contributed by atoms with Crippen LogP contribution in [0.25, 0.3) is 0 Å². The molecule has 0 atom stereocenters. The number of hydrogen-bond acceptors (Lipinski definition) is 5. The van der Waals surface area contributed by atoms with Gasteiger partial charge in [0.25, 0.3) is 0 Å². The lowest BCUT2D eigenvalue weighted by molar-refractivity contribution is -0.118. The van der Waals surface area contributed by atoms with E-state index in [0.717, 1.165) is 10.6 Å². The summed E-state index contributed by atoms with van der Waals surface area (Å²) in [6.45, 7) is 6.07. The fourth-order valence-electron chi connectivity index (χ4n) is 2.60. The highest BCUT2D eigenvalue weighted by atomic mass is 32.2. The highest BCUT2D eigenvalue weighted by molar-refractivity contribution is 8.00. The normalized spacial score (nSPS) is 10.9. The van der Waals surface area contributed by atoms with Gasteiger partial charge < -0.3 is 20.1 Å². The fraction of sp³-hybridized carbons (Fsp3) is 0.364. The molecule has 0 fully saturated rings. The van der Waals surface area contributed by atoms with Gasteiger partial charge in [0.15, 0.2) is 0 Å². The number of methoxy groups -OCH3 is 2. The highest BCUT2D eigenvalue weighted by Gasteiger charge is 2.16. The van der Waals surface area contributed by atoms with Gasteiger partial charge in [0, 0.05) is 23.1 Å². The van der Waals surface area contributed by atoms with Gasteiger partial charge in [0.1, 0.15) is 11.5 Å². The zero-order valence-electron chi connectivity index (χ0n) is 17.5. The summed E-state index contributed by atoms with van der Waals surface area (Å²) in [5, 5.41) is 5.76. The number of carbonyl (C=O) groups excluding carboxylic acids is 2. The maximum atomic E-state index is 12.4. The quantitative estimate of drug-likeness (QED) is 0.604. The minimum atomic E-state index is -0.163. The van der Waals surface area contributed by atoms with E-state index in [1.54, 1.807) is 32.4 Å². The molecule has 2 aromatic carbocycles. The summed E-state index contributed by atoms with van der Waals surface area (Å²) in [4.78, 5) is 25.4. The maximum Gasteiger partial charge on any atom is 0.234 e. The number of nitrogens with one attached hydrogen (secondary N) is 2. The number of amides is 2. The first kappa shape index (κ1) is 22.6. The third kappa shape index (κ3) is 7.69. The summed E-state index contributed by atoms with van der Waals surface area (Å²) >= 11 is 1.39. The van der Waals surface area contributed by atoms with Crippen molar-refractivity contribution in [3.63, 3.8) is 0 Å². The first-order valence-corrected chi connectivity index (χ1v) is 10.2. The molecule has 2 rings (SSSR count). The number of hydrogen-bond donors (Lipinski definition) is 2. The van der Waals surface area contributed by atoms with Crippen LogP contribution in [0, 0.1) is 5.41 Å². The summed E-state index contributed by atoms with van der Waals surface area (Å²) in [6.07, 6.45) is 0.440. The van der Waals surface area contributed by atoms with Gasteiger partial charge in [-0.3, -0.25) is 9.59 Å². The summed E-state index contributed by atoms with van der Waals surface area (Å²) in [5.74, 6) is 1.23. The van der Waals surface area contributed by atoms with Crippen molar-refractivity contribution in [2.75, 3.05) is 30.6 Å². The van der Waals surface area contributed by atoms with E-state index in [1.165, 1.54) is 11.8 Å². The lowest BCUT2D eigenvalue weighted by Gasteiger charge is -2.17. The van der Waals surface area contributed by atoms with Gasteiger partial charge in [0.2, 0.25) is 11.8 Å². The average Bonchev–Trinajstić information content (AvgIpc) is 2.65. The Morgan fingerprint density at radius 1 is 0.966 bits per heavy atom. The van der Waals surface area contributed by atoms with Gasteiger partial charge in [0.05, 0.1) is 25.7 Å². The second-order valence-electron chi connectivity index (χ2n) is 7.72. The smallest absolute Gasteiger partial charge is 0.234 e. The molecule has 0 radical (unpaired) electrons. The summed E-state index contributed by atoms with van der Waals surface area (Å²) < 4.78 is 10.5. The lowest BCUT2D eigenvalue weighted by atomic mass is 9.92. The van der Waals surface area contributed by atoms with Crippen LogP contribution in [0.5, 0.6) is 11.5 Å². The Morgan fingerprint density at radius 3 is 2.38 bits per heavy atom. The molecule has 0 saturated heterocycles. The number of benzene rings is 2. The predicted molar refractivity (Wildman–Crippen MR) is 118 cm³/mol. The Balaban J connectivity index is 1.95. The molecule has 29 heavy (non-hydrogen) atoms. The van der Waals surface area contributed by atoms with E-state index in [-0.39, 0.29) is 23.0 Å². The van der Waals surface area contributed by atoms with Gasteiger partial charge >= 0.3 is 0 Å². The molecule has 0 heterocycles. The summed E-state index contributed by atoms with van der Waals surface area (Å²) in [5.41, 5.74) is 1.20. The highest BCUT2D eigenvalue weighted by Crippen LogP contribution is 2.29. The summed E-state index contributed by atoms with van der Waals surface area (Å²) in [6, 6.07) is 12.7. The van der Waals surface area contributed by atoms with Crippen LogP contribution < -0.4 is 20.1 Å². The number of rotatable bonds is 8. The van der Waals surface area contributed by atoms with Crippen LogP contribution in [-0.2, 0) is 9.59 Å². The van der Waals surface area contributed by atoms with Crippen LogP contribution in [-0.4, -0.2) is 31.8 Å². The number of carbonyl (C=O) groups is 2. The van der Waals surface area contributed by atoms with Gasteiger partial charge in [-0.05, 0) is 35.7 Å². The Bertz CT molecular complexity index is 862. The molecule has 6 nitrogen and oxygen atoms in total. The molecule has 0 aliphatic heterocycles. The van der Waals surface area contributed by atoms with Crippen molar-refractivity contribution in [2.24, 2.45) is 5.41 Å². The Morgan fingerprint density at radius 2 is 1.72 bits per heavy atom. The minimum absolute atomic E-state index is 0.0255. The lowest BCUT2D eigenvalue weighted by Crippen LogP contribution is -2.19. The van der Waals surface area contributed by atoms with Crippen LogP contribution >= 0.6 is 11.8 Å². The van der Waals surface area contributed by atoms with E-state index < -0.39 is 0 Å². The summed E-state index contributed by atoms with van der Waals surface area (Å²) in [7, 11) is 3.11. The van der Waals surface area contributed by atoms with Crippen molar-refractivity contribution in [1.29, 1.82) is 0 Å². The molecule has 2 aromatic rings. The third-order valence-corrected chi connectivity index (χ3v) is 4.85. The van der Waals surface area contributed by atoms with Gasteiger partial charge in [-0.1, -0.05) is 26.8 Å². The molecule has 0 bridgehead atoms. The molecule has 0 aliphatic carbocycles. The molecule has 0 spiro atoms. The predicted octanol–water partition coefficient (Wildman–Crippen LogP) is 4.81. The Labute approximate surface area is 176 Å². The largest absolute Gasteiger partial charge is 0.497 e. The number of ether oxygens (including phenoxy) is 2. The Hall–Kier alpha value is -2.67. The number of anilines is 2. The SMILES string of the molecule is COc1ccc(OC)c(NC(=O)CSc2cccc(NC(=O)CC(C)(C)C)c2)c1. The van der Waals surface area contributed by atoms with Crippen LogP contribution in [0.2, 0.25) is 0 Å². The van der Waals surface area contributed by atoms with Crippen molar-refractivity contribution in [1.82, 2.24) is 0 Å². The van der Waals surface area contributed by atoms with E-state index in [4.69, 9.17) is 9.47 Å². The number of thioether (sulfide) groups is 1.